The van der Waals surface area contributed by atoms with E-state index in [2.05, 4.69) is 9.38 Å². The lowest BCUT2D eigenvalue weighted by atomic mass is 10.3. The second-order valence-corrected chi connectivity index (χ2v) is 6.16. The fourth-order valence-corrected chi connectivity index (χ4v) is 1.50. The molecular formula is C11H16N2OS. The maximum atomic E-state index is 11.7. The third-order valence-corrected chi connectivity index (χ3v) is 3.27. The maximum absolute atomic E-state index is 11.7. The van der Waals surface area contributed by atoms with Crippen LogP contribution in [0.25, 0.3) is 0 Å². The van der Waals surface area contributed by atoms with E-state index in [-0.39, 0.29) is 4.75 Å². The van der Waals surface area contributed by atoms with Crippen LogP contribution in [0.15, 0.2) is 28.8 Å². The largest absolute Gasteiger partial charge is 0.255 e. The lowest BCUT2D eigenvalue weighted by Gasteiger charge is -2.13. The van der Waals surface area contributed by atoms with Gasteiger partial charge in [-0.2, -0.15) is 4.40 Å². The molecule has 0 fully saturated rings. The summed E-state index contributed by atoms with van der Waals surface area (Å²) in [6.07, 6.45) is 1.70. The molecule has 0 saturated carbocycles. The summed E-state index contributed by atoms with van der Waals surface area (Å²) < 4.78 is 15.6. The van der Waals surface area contributed by atoms with E-state index >= 15 is 0 Å². The minimum atomic E-state index is -1.22. The summed E-state index contributed by atoms with van der Waals surface area (Å²) in [4.78, 5) is 4.15. The Morgan fingerprint density at radius 2 is 2.07 bits per heavy atom. The molecule has 82 valence electrons. The zero-order valence-corrected chi connectivity index (χ0v) is 10.3. The van der Waals surface area contributed by atoms with Crippen molar-refractivity contribution >= 4 is 16.7 Å². The predicted octanol–water partition coefficient (Wildman–Crippen LogP) is 2.35. The smallest absolute Gasteiger partial charge is 0.145 e. The molecule has 1 unspecified atom stereocenters. The predicted molar refractivity (Wildman–Crippen MR) is 64.3 cm³/mol. The average Bonchev–Trinajstić information content (AvgIpc) is 2.17. The lowest BCUT2D eigenvalue weighted by molar-refractivity contribution is 0.650. The first-order valence-corrected chi connectivity index (χ1v) is 5.90. The molecule has 0 radical (unpaired) electrons. The van der Waals surface area contributed by atoms with Crippen LogP contribution in [0, 0.1) is 0 Å². The Bertz CT molecular complexity index is 379. The van der Waals surface area contributed by atoms with Crippen molar-refractivity contribution in [1.29, 1.82) is 0 Å². The van der Waals surface area contributed by atoms with Crippen molar-refractivity contribution in [2.75, 3.05) is 0 Å². The van der Waals surface area contributed by atoms with E-state index in [4.69, 9.17) is 0 Å². The minimum Gasteiger partial charge on any atom is -0.255 e. The van der Waals surface area contributed by atoms with E-state index in [1.807, 2.05) is 45.9 Å². The lowest BCUT2D eigenvalue weighted by Crippen LogP contribution is -2.20. The van der Waals surface area contributed by atoms with Crippen LogP contribution in [0.5, 0.6) is 0 Å². The summed E-state index contributed by atoms with van der Waals surface area (Å²) in [7, 11) is -1.22. The summed E-state index contributed by atoms with van der Waals surface area (Å²) in [5.41, 5.74) is 1.49. The second kappa shape index (κ2) is 4.66. The summed E-state index contributed by atoms with van der Waals surface area (Å²) >= 11 is 0. The molecule has 0 N–H and O–H groups in total. The summed E-state index contributed by atoms with van der Waals surface area (Å²) in [5.74, 6) is 0. The second-order valence-electron chi connectivity index (χ2n) is 4.25. The van der Waals surface area contributed by atoms with Gasteiger partial charge >= 0.3 is 0 Å². The molecule has 0 aliphatic carbocycles. The highest BCUT2D eigenvalue weighted by atomic mass is 32.2. The Morgan fingerprint density at radius 3 is 2.53 bits per heavy atom. The number of nitrogens with zero attached hydrogens (tertiary/aromatic N) is 2. The Balaban J connectivity index is 2.91. The summed E-state index contributed by atoms with van der Waals surface area (Å²) in [5, 5.41) is 0. The molecule has 4 heteroatoms. The van der Waals surface area contributed by atoms with Crippen LogP contribution >= 0.6 is 0 Å². The topological polar surface area (TPSA) is 42.3 Å². The van der Waals surface area contributed by atoms with Gasteiger partial charge in [-0.3, -0.25) is 4.98 Å². The SMILES string of the molecule is CC(=NS(=O)C(C)(C)C)c1ccccn1. The van der Waals surface area contributed by atoms with E-state index in [0.29, 0.717) is 5.71 Å². The number of hydrogen-bond acceptors (Lipinski definition) is 2. The number of hydrogen-bond donors (Lipinski definition) is 0. The van der Waals surface area contributed by atoms with E-state index in [9.17, 15) is 4.21 Å². The standard InChI is InChI=1S/C11H16N2OS/c1-9(10-7-5-6-8-12-10)13-15(14)11(2,3)4/h5-8H,1-4H3. The van der Waals surface area contributed by atoms with Crippen LogP contribution in [-0.4, -0.2) is 19.7 Å². The van der Waals surface area contributed by atoms with Gasteiger partial charge < -0.3 is 0 Å². The minimum absolute atomic E-state index is 0.323. The van der Waals surface area contributed by atoms with Gasteiger partial charge in [0.05, 0.1) is 16.2 Å². The van der Waals surface area contributed by atoms with E-state index in [0.717, 1.165) is 5.69 Å². The van der Waals surface area contributed by atoms with Crippen LogP contribution in [-0.2, 0) is 11.0 Å². The third-order valence-electron chi connectivity index (χ3n) is 1.78. The molecule has 0 bridgehead atoms. The molecule has 1 rings (SSSR count). The first-order valence-electron chi connectivity index (χ1n) is 4.80. The van der Waals surface area contributed by atoms with Gasteiger partial charge in [-0.15, -0.1) is 0 Å². The highest BCUT2D eigenvalue weighted by Crippen LogP contribution is 2.13. The van der Waals surface area contributed by atoms with Crippen molar-refractivity contribution in [3.63, 3.8) is 0 Å². The summed E-state index contributed by atoms with van der Waals surface area (Å²) in [6, 6.07) is 5.59. The average molecular weight is 224 g/mol. The van der Waals surface area contributed by atoms with E-state index in [1.54, 1.807) is 6.20 Å². The molecule has 0 spiro atoms. The van der Waals surface area contributed by atoms with Crippen LogP contribution in [0.3, 0.4) is 0 Å². The fraction of sp³-hybridized carbons (Fsp3) is 0.455. The highest BCUT2D eigenvalue weighted by molar-refractivity contribution is 7.85. The molecule has 3 nitrogen and oxygen atoms in total. The molecule has 1 atom stereocenters. The quantitative estimate of drug-likeness (QED) is 0.724. The van der Waals surface area contributed by atoms with Crippen molar-refractivity contribution in [3.05, 3.63) is 30.1 Å². The molecule has 1 heterocycles. The van der Waals surface area contributed by atoms with Gasteiger partial charge in [0.2, 0.25) is 0 Å². The van der Waals surface area contributed by atoms with E-state index < -0.39 is 11.0 Å². The Labute approximate surface area is 93.2 Å². The van der Waals surface area contributed by atoms with E-state index in [1.165, 1.54) is 0 Å². The summed E-state index contributed by atoms with van der Waals surface area (Å²) in [6.45, 7) is 7.53. The highest BCUT2D eigenvalue weighted by Gasteiger charge is 2.19. The number of aromatic nitrogens is 1. The van der Waals surface area contributed by atoms with Gasteiger partial charge in [-0.25, -0.2) is 4.21 Å². The maximum Gasteiger partial charge on any atom is 0.145 e. The first-order chi connectivity index (χ1) is 6.91. The molecule has 1 aromatic rings. The monoisotopic (exact) mass is 224 g/mol. The Kier molecular flexibility index (Phi) is 3.74. The van der Waals surface area contributed by atoms with Crippen molar-refractivity contribution < 1.29 is 4.21 Å². The molecule has 0 aromatic carbocycles. The van der Waals surface area contributed by atoms with Crippen molar-refractivity contribution in [3.8, 4) is 0 Å². The number of pyridine rings is 1. The molecule has 0 saturated heterocycles. The van der Waals surface area contributed by atoms with Gasteiger partial charge in [-0.05, 0) is 39.8 Å². The van der Waals surface area contributed by atoms with Crippen LogP contribution in [0.2, 0.25) is 0 Å². The van der Waals surface area contributed by atoms with Gasteiger partial charge in [0, 0.05) is 6.20 Å². The molecule has 0 amide bonds. The van der Waals surface area contributed by atoms with Gasteiger partial charge in [0.25, 0.3) is 0 Å². The fourth-order valence-electron chi connectivity index (χ4n) is 0.885. The third kappa shape index (κ3) is 3.55. The Hall–Kier alpha value is -1.03. The Morgan fingerprint density at radius 1 is 1.40 bits per heavy atom. The van der Waals surface area contributed by atoms with Crippen molar-refractivity contribution in [2.24, 2.45) is 4.40 Å². The molecule has 0 aliphatic heterocycles. The van der Waals surface area contributed by atoms with Gasteiger partial charge in [0.1, 0.15) is 11.0 Å². The zero-order chi connectivity index (χ0) is 11.5. The zero-order valence-electron chi connectivity index (χ0n) is 9.52. The molecule has 0 aliphatic rings. The molecular weight excluding hydrogens is 208 g/mol. The van der Waals surface area contributed by atoms with Gasteiger partial charge in [-0.1, -0.05) is 6.07 Å². The first kappa shape index (κ1) is 12.0. The normalized spacial score (nSPS) is 15.1. The van der Waals surface area contributed by atoms with Gasteiger partial charge in [0.15, 0.2) is 0 Å². The number of rotatable bonds is 2. The van der Waals surface area contributed by atoms with Crippen molar-refractivity contribution in [2.45, 2.75) is 32.4 Å². The van der Waals surface area contributed by atoms with Crippen molar-refractivity contribution in [1.82, 2.24) is 4.98 Å². The van der Waals surface area contributed by atoms with Crippen LogP contribution in [0.1, 0.15) is 33.4 Å². The van der Waals surface area contributed by atoms with Crippen LogP contribution < -0.4 is 0 Å². The van der Waals surface area contributed by atoms with Crippen LogP contribution in [0.4, 0.5) is 0 Å². The molecule has 15 heavy (non-hydrogen) atoms. The molecule has 1 aromatic heterocycles.